The van der Waals surface area contributed by atoms with Crippen LogP contribution >= 0.6 is 0 Å². The van der Waals surface area contributed by atoms with Gasteiger partial charge in [0.25, 0.3) is 5.91 Å². The van der Waals surface area contributed by atoms with Crippen molar-refractivity contribution in [3.63, 3.8) is 0 Å². The van der Waals surface area contributed by atoms with Gasteiger partial charge in [0.1, 0.15) is 5.82 Å². The standard InChI is InChI=1S/C16H18N2O.C5H10.C4H6N2O.C3H8.C2H6.CH4/c1-12-7-9-14(10-8-12)18-16(17)15-6-4-3-5-13(15)11-19-2;1-4-5(2)3;1-2-6-3-4(5)7;1-3-2;1-2;/h3-11,18H,17H2,1-2H3;4H,1-3H3;2-3H,1H2,(H2,5,7);3H2,1-2H3;1-2H3;1H4/b13-11+,16-15+;;;;;. The summed E-state index contributed by atoms with van der Waals surface area (Å²) >= 11 is 0. The molecule has 208 valence electrons. The number of rotatable bonds is 5. The van der Waals surface area contributed by atoms with Crippen molar-refractivity contribution in [3.05, 3.63) is 89.0 Å². The van der Waals surface area contributed by atoms with E-state index >= 15 is 0 Å². The molecule has 0 saturated heterocycles. The van der Waals surface area contributed by atoms with Crippen LogP contribution < -0.4 is 27.2 Å². The second kappa shape index (κ2) is 28.4. The molecule has 0 atom stereocenters. The molecule has 0 aliphatic carbocycles. The molecular formula is C31H52N4O2. The summed E-state index contributed by atoms with van der Waals surface area (Å²) in [6, 6.07) is 15.9. The molecule has 6 nitrogen and oxygen atoms in total. The van der Waals surface area contributed by atoms with Crippen molar-refractivity contribution in [2.75, 3.05) is 12.4 Å². The van der Waals surface area contributed by atoms with Gasteiger partial charge in [0.2, 0.25) is 0 Å². The number of carbonyl (C=O) groups excluding carboxylic acids is 1. The Kier molecular flexibility index (Phi) is 31.0. The summed E-state index contributed by atoms with van der Waals surface area (Å²) in [6.45, 7) is 19.7. The molecule has 2 aromatic rings. The Morgan fingerprint density at radius 2 is 1.54 bits per heavy atom. The highest BCUT2D eigenvalue weighted by Crippen LogP contribution is 2.09. The van der Waals surface area contributed by atoms with Gasteiger partial charge in [-0.25, -0.2) is 0 Å². The van der Waals surface area contributed by atoms with Crippen LogP contribution in [0.3, 0.4) is 0 Å². The lowest BCUT2D eigenvalue weighted by atomic mass is 10.2. The Labute approximate surface area is 226 Å². The second-order valence-corrected chi connectivity index (χ2v) is 7.28. The van der Waals surface area contributed by atoms with E-state index in [2.05, 4.69) is 63.3 Å². The third kappa shape index (κ3) is 25.1. The van der Waals surface area contributed by atoms with Crippen molar-refractivity contribution in [2.24, 2.45) is 16.5 Å². The van der Waals surface area contributed by atoms with Crippen LogP contribution in [-0.4, -0.2) is 19.2 Å². The highest BCUT2D eigenvalue weighted by molar-refractivity contribution is 6.25. The van der Waals surface area contributed by atoms with Crippen LogP contribution in [0.5, 0.6) is 0 Å². The number of ether oxygens (including phenoxy) is 1. The maximum atomic E-state index is 9.78. The van der Waals surface area contributed by atoms with E-state index in [0.29, 0.717) is 5.82 Å². The number of aryl methyl sites for hydroxylation is 1. The smallest absolute Gasteiger partial charge is 0.259 e. The van der Waals surface area contributed by atoms with Gasteiger partial charge in [-0.1, -0.05) is 102 Å². The van der Waals surface area contributed by atoms with Gasteiger partial charge in [-0.2, -0.15) is 0 Å². The summed E-state index contributed by atoms with van der Waals surface area (Å²) in [4.78, 5) is 13.1. The summed E-state index contributed by atoms with van der Waals surface area (Å²) in [6.07, 6.45) is 7.25. The average Bonchev–Trinajstić information content (AvgIpc) is 2.87. The normalized spacial score (nSPS) is 10.0. The fourth-order valence-corrected chi connectivity index (χ4v) is 1.96. The molecule has 0 fully saturated rings. The molecule has 0 unspecified atom stereocenters. The Hall–Kier alpha value is -3.80. The molecule has 0 aliphatic heterocycles. The van der Waals surface area contributed by atoms with E-state index in [1.165, 1.54) is 23.8 Å². The minimum absolute atomic E-state index is 0. The number of aliphatic imine (C=N–C) groups is 1. The lowest BCUT2D eigenvalue weighted by molar-refractivity contribution is -0.111. The van der Waals surface area contributed by atoms with E-state index in [-0.39, 0.29) is 7.43 Å². The maximum absolute atomic E-state index is 9.78. The maximum Gasteiger partial charge on any atom is 0.259 e. The molecular weight excluding hydrogens is 460 g/mol. The zero-order valence-electron chi connectivity index (χ0n) is 23.8. The molecule has 0 radical (unpaired) electrons. The van der Waals surface area contributed by atoms with Gasteiger partial charge in [-0.15, -0.1) is 0 Å². The zero-order valence-corrected chi connectivity index (χ0v) is 23.8. The van der Waals surface area contributed by atoms with E-state index in [9.17, 15) is 4.79 Å². The van der Waals surface area contributed by atoms with Crippen molar-refractivity contribution in [3.8, 4) is 0 Å². The third-order valence-corrected chi connectivity index (χ3v) is 3.71. The van der Waals surface area contributed by atoms with E-state index in [4.69, 9.17) is 10.5 Å². The average molecular weight is 513 g/mol. The molecule has 0 aliphatic rings. The number of hydrogen-bond donors (Lipinski definition) is 3. The molecule has 0 spiro atoms. The van der Waals surface area contributed by atoms with E-state index < -0.39 is 5.91 Å². The Morgan fingerprint density at radius 1 is 1.05 bits per heavy atom. The summed E-state index contributed by atoms with van der Waals surface area (Å²) in [7, 11) is 1.63. The molecule has 1 amide bonds. The summed E-state index contributed by atoms with van der Waals surface area (Å²) in [5.74, 6) is 0.0488. The first-order valence-electron chi connectivity index (χ1n) is 12.1. The van der Waals surface area contributed by atoms with Crippen molar-refractivity contribution in [1.29, 1.82) is 0 Å². The highest BCUT2D eigenvalue weighted by atomic mass is 16.5. The van der Waals surface area contributed by atoms with Gasteiger partial charge in [0.15, 0.2) is 0 Å². The van der Waals surface area contributed by atoms with Crippen molar-refractivity contribution < 1.29 is 9.53 Å². The molecule has 0 aromatic heterocycles. The van der Waals surface area contributed by atoms with Gasteiger partial charge < -0.3 is 21.5 Å². The topological polar surface area (TPSA) is 103 Å². The zero-order chi connectivity index (χ0) is 28.4. The van der Waals surface area contributed by atoms with Gasteiger partial charge >= 0.3 is 0 Å². The summed E-state index contributed by atoms with van der Waals surface area (Å²) < 4.78 is 5.06. The number of amides is 1. The van der Waals surface area contributed by atoms with Gasteiger partial charge in [0.05, 0.1) is 19.6 Å². The number of allylic oxidation sites excluding steroid dienone is 2. The van der Waals surface area contributed by atoms with Crippen LogP contribution in [0.1, 0.15) is 67.9 Å². The van der Waals surface area contributed by atoms with Crippen molar-refractivity contribution in [1.82, 2.24) is 0 Å². The molecule has 2 rings (SSSR count). The lowest BCUT2D eigenvalue weighted by Crippen LogP contribution is -2.32. The number of nitrogens with zero attached hydrogens (tertiary/aromatic N) is 1. The fraction of sp³-hybridized carbons (Fsp3) is 0.355. The lowest BCUT2D eigenvalue weighted by Gasteiger charge is -2.07. The van der Waals surface area contributed by atoms with Gasteiger partial charge in [-0.05, 0) is 39.8 Å². The summed E-state index contributed by atoms with van der Waals surface area (Å²) in [5.41, 5.74) is 14.3. The second-order valence-electron chi connectivity index (χ2n) is 7.28. The monoisotopic (exact) mass is 512 g/mol. The largest absolute Gasteiger partial charge is 0.504 e. The SMILES string of the molecule is C.C=CN=CC(N)=O.CC.CC=C(C)C.CCC.CO/C=c1\cccc\c1=C(\N)Nc1ccc(C)cc1. The first-order chi connectivity index (χ1) is 17.2. The Balaban J connectivity index is -0.000000251. The molecule has 0 saturated carbocycles. The fourth-order valence-electron chi connectivity index (χ4n) is 1.96. The van der Waals surface area contributed by atoms with Crippen LogP contribution in [-0.2, 0) is 9.53 Å². The van der Waals surface area contributed by atoms with E-state index in [0.717, 1.165) is 22.3 Å². The first-order valence-corrected chi connectivity index (χ1v) is 12.1. The molecule has 37 heavy (non-hydrogen) atoms. The van der Waals surface area contributed by atoms with Crippen LogP contribution in [0, 0.1) is 6.92 Å². The van der Waals surface area contributed by atoms with Crippen molar-refractivity contribution >= 4 is 29.9 Å². The number of anilines is 1. The summed E-state index contributed by atoms with van der Waals surface area (Å²) in [5, 5.41) is 5.07. The van der Waals surface area contributed by atoms with Crippen LogP contribution in [0.4, 0.5) is 5.69 Å². The third-order valence-electron chi connectivity index (χ3n) is 3.71. The quantitative estimate of drug-likeness (QED) is 0.325. The number of hydrogen-bond acceptors (Lipinski definition) is 5. The molecule has 5 N–H and O–H groups in total. The number of methoxy groups -OCH3 is 1. The number of carbonyl (C=O) groups is 1. The van der Waals surface area contributed by atoms with Gasteiger partial charge in [0, 0.05) is 22.3 Å². The molecule has 6 heteroatoms. The Morgan fingerprint density at radius 3 is 1.92 bits per heavy atom. The number of primary amides is 1. The van der Waals surface area contributed by atoms with Gasteiger partial charge in [-0.3, -0.25) is 9.79 Å². The van der Waals surface area contributed by atoms with Crippen molar-refractivity contribution in [2.45, 2.75) is 69.2 Å². The predicted octanol–water partition coefficient (Wildman–Crippen LogP) is 6.25. The molecule has 0 heterocycles. The number of nitrogens with one attached hydrogen (secondary N) is 1. The number of nitrogens with two attached hydrogens (primary N) is 2. The molecule has 2 aromatic carbocycles. The first kappa shape index (κ1) is 40.4. The minimum Gasteiger partial charge on any atom is -0.504 e. The van der Waals surface area contributed by atoms with E-state index in [1.54, 1.807) is 13.4 Å². The predicted molar refractivity (Wildman–Crippen MR) is 167 cm³/mol. The number of benzene rings is 2. The minimum atomic E-state index is -0.556. The van der Waals surface area contributed by atoms with E-state index in [1.807, 2.05) is 69.3 Å². The Bertz CT molecular complexity index is 1000. The van der Waals surface area contributed by atoms with Crippen LogP contribution in [0.15, 0.2) is 78.0 Å². The highest BCUT2D eigenvalue weighted by Gasteiger charge is 1.96. The molecule has 0 bridgehead atoms. The van der Waals surface area contributed by atoms with Crippen LogP contribution in [0.25, 0.3) is 12.1 Å². The van der Waals surface area contributed by atoms with Crippen LogP contribution in [0.2, 0.25) is 0 Å².